The van der Waals surface area contributed by atoms with Gasteiger partial charge in [-0.05, 0) is 50.3 Å². The van der Waals surface area contributed by atoms with Gasteiger partial charge in [0.25, 0.3) is 0 Å². The zero-order valence-corrected chi connectivity index (χ0v) is 12.8. The molecule has 3 nitrogen and oxygen atoms in total. The Morgan fingerprint density at radius 1 is 1.29 bits per heavy atom. The molecule has 115 valence electrons. The first-order chi connectivity index (χ1) is 10.2. The average Bonchev–Trinajstić information content (AvgIpc) is 2.53. The van der Waals surface area contributed by atoms with E-state index in [0.29, 0.717) is 0 Å². The number of morpholine rings is 1. The second-order valence-electron chi connectivity index (χ2n) is 5.77. The quantitative estimate of drug-likeness (QED) is 0.921. The van der Waals surface area contributed by atoms with Crippen LogP contribution in [0.2, 0.25) is 5.02 Å². The highest BCUT2D eigenvalue weighted by molar-refractivity contribution is 6.31. The van der Waals surface area contributed by atoms with Gasteiger partial charge in [-0.25, -0.2) is 4.39 Å². The van der Waals surface area contributed by atoms with Crippen molar-refractivity contribution in [2.24, 2.45) is 0 Å². The molecular weight excluding hydrogens is 291 g/mol. The van der Waals surface area contributed by atoms with Gasteiger partial charge in [0.2, 0.25) is 0 Å². The smallest absolute Gasteiger partial charge is 0.141 e. The zero-order chi connectivity index (χ0) is 14.7. The molecule has 1 unspecified atom stereocenters. The minimum Gasteiger partial charge on any atom is -0.379 e. The van der Waals surface area contributed by atoms with Crippen LogP contribution in [0.15, 0.2) is 18.2 Å². The monoisotopic (exact) mass is 311 g/mol. The molecule has 1 heterocycles. The number of halogens is 2. The van der Waals surface area contributed by atoms with Crippen LogP contribution in [-0.2, 0) is 4.74 Å². The topological polar surface area (TPSA) is 24.5 Å². The molecule has 1 saturated carbocycles. The Bertz CT molecular complexity index is 485. The van der Waals surface area contributed by atoms with Crippen LogP contribution in [0.4, 0.5) is 10.1 Å². The summed E-state index contributed by atoms with van der Waals surface area (Å²) in [5, 5.41) is 3.78. The van der Waals surface area contributed by atoms with E-state index in [9.17, 15) is 4.39 Å². The molecule has 1 aromatic rings. The number of nitrogens with one attached hydrogen (secondary N) is 1. The molecule has 1 radical (unpaired) electrons. The molecule has 21 heavy (non-hydrogen) atoms. The van der Waals surface area contributed by atoms with Crippen LogP contribution in [0.3, 0.4) is 0 Å². The van der Waals surface area contributed by atoms with E-state index in [2.05, 4.69) is 16.6 Å². The Balaban J connectivity index is 1.82. The molecule has 1 saturated heterocycles. The summed E-state index contributed by atoms with van der Waals surface area (Å²) in [6.07, 6.45) is 6.74. The molecule has 2 aliphatic rings. The van der Waals surface area contributed by atoms with E-state index in [1.807, 2.05) is 0 Å². The maximum absolute atomic E-state index is 13.3. The van der Waals surface area contributed by atoms with Crippen molar-refractivity contribution < 1.29 is 9.13 Å². The fourth-order valence-electron chi connectivity index (χ4n) is 3.30. The van der Waals surface area contributed by atoms with Gasteiger partial charge in [-0.3, -0.25) is 4.90 Å². The van der Waals surface area contributed by atoms with Crippen molar-refractivity contribution in [3.05, 3.63) is 35.5 Å². The van der Waals surface area contributed by atoms with Gasteiger partial charge in [-0.2, -0.15) is 0 Å². The van der Waals surface area contributed by atoms with Crippen molar-refractivity contribution in [3.8, 4) is 0 Å². The van der Waals surface area contributed by atoms with Crippen LogP contribution in [0.1, 0.15) is 25.7 Å². The van der Waals surface area contributed by atoms with Gasteiger partial charge in [0.05, 0.1) is 23.9 Å². The molecule has 2 fully saturated rings. The SMILES string of the molecule is Fc1ccc(NC2(N3CCOCC3)C[CH]CCC2)cc1Cl. The Hall–Kier alpha value is -0.840. The van der Waals surface area contributed by atoms with Gasteiger partial charge in [0.1, 0.15) is 5.82 Å². The Kier molecular flexibility index (Phi) is 4.67. The third-order valence-electron chi connectivity index (χ3n) is 4.39. The molecule has 1 atom stereocenters. The third-order valence-corrected chi connectivity index (χ3v) is 4.68. The maximum Gasteiger partial charge on any atom is 0.141 e. The average molecular weight is 312 g/mol. The van der Waals surface area contributed by atoms with Crippen molar-refractivity contribution in [3.63, 3.8) is 0 Å². The zero-order valence-electron chi connectivity index (χ0n) is 12.1. The lowest BCUT2D eigenvalue weighted by molar-refractivity contribution is -0.0203. The van der Waals surface area contributed by atoms with Crippen molar-refractivity contribution in [1.29, 1.82) is 0 Å². The largest absolute Gasteiger partial charge is 0.379 e. The highest BCUT2D eigenvalue weighted by Gasteiger charge is 2.38. The lowest BCUT2D eigenvalue weighted by Crippen LogP contribution is -2.59. The Morgan fingerprint density at radius 3 is 2.76 bits per heavy atom. The van der Waals surface area contributed by atoms with Crippen LogP contribution in [0.25, 0.3) is 0 Å². The van der Waals surface area contributed by atoms with Gasteiger partial charge in [-0.1, -0.05) is 11.6 Å². The van der Waals surface area contributed by atoms with Gasteiger partial charge in [0, 0.05) is 18.8 Å². The molecule has 1 N–H and O–H groups in total. The second kappa shape index (κ2) is 6.51. The minimum absolute atomic E-state index is 0.0941. The summed E-state index contributed by atoms with van der Waals surface area (Å²) >= 11 is 5.91. The van der Waals surface area contributed by atoms with E-state index in [1.54, 1.807) is 12.1 Å². The van der Waals surface area contributed by atoms with E-state index >= 15 is 0 Å². The highest BCUT2D eigenvalue weighted by atomic mass is 35.5. The summed E-state index contributed by atoms with van der Waals surface area (Å²) in [7, 11) is 0. The maximum atomic E-state index is 13.3. The summed E-state index contributed by atoms with van der Waals surface area (Å²) in [6, 6.07) is 4.86. The molecule has 1 aromatic carbocycles. The van der Waals surface area contributed by atoms with Crippen molar-refractivity contribution in [2.75, 3.05) is 31.6 Å². The van der Waals surface area contributed by atoms with Crippen molar-refractivity contribution in [1.82, 2.24) is 4.90 Å². The molecule has 0 amide bonds. The second-order valence-corrected chi connectivity index (χ2v) is 6.18. The molecule has 1 aliphatic carbocycles. The Labute approximate surface area is 130 Å². The van der Waals surface area contributed by atoms with Crippen LogP contribution in [-0.4, -0.2) is 36.9 Å². The molecule has 0 aromatic heterocycles. The van der Waals surface area contributed by atoms with Crippen molar-refractivity contribution >= 4 is 17.3 Å². The van der Waals surface area contributed by atoms with Gasteiger partial charge < -0.3 is 10.1 Å². The number of benzene rings is 1. The lowest BCUT2D eigenvalue weighted by atomic mass is 9.86. The summed E-state index contributed by atoms with van der Waals surface area (Å²) in [5.74, 6) is -0.377. The number of hydrogen-bond donors (Lipinski definition) is 1. The summed E-state index contributed by atoms with van der Waals surface area (Å²) in [4.78, 5) is 2.46. The standard InChI is InChI=1S/C16H21ClFN2O/c17-14-12-13(4-5-15(14)18)19-16(6-2-1-3-7-16)20-8-10-21-11-9-20/h2,4-5,12,19H,1,3,6-11H2. The van der Waals surface area contributed by atoms with E-state index in [4.69, 9.17) is 16.3 Å². The predicted octanol–water partition coefficient (Wildman–Crippen LogP) is 3.70. The number of hydrogen-bond acceptors (Lipinski definition) is 3. The predicted molar refractivity (Wildman–Crippen MR) is 82.9 cm³/mol. The summed E-state index contributed by atoms with van der Waals surface area (Å²) < 4.78 is 18.8. The fourth-order valence-corrected chi connectivity index (χ4v) is 3.48. The first-order valence-electron chi connectivity index (χ1n) is 7.57. The van der Waals surface area contributed by atoms with Gasteiger partial charge in [-0.15, -0.1) is 0 Å². The van der Waals surface area contributed by atoms with Gasteiger partial charge in [0.15, 0.2) is 0 Å². The van der Waals surface area contributed by atoms with E-state index in [-0.39, 0.29) is 16.5 Å². The first-order valence-corrected chi connectivity index (χ1v) is 7.95. The molecule has 0 spiro atoms. The summed E-state index contributed by atoms with van der Waals surface area (Å²) in [6.45, 7) is 3.40. The van der Waals surface area contributed by atoms with Crippen LogP contribution in [0, 0.1) is 12.2 Å². The fraction of sp³-hybridized carbons (Fsp3) is 0.562. The third kappa shape index (κ3) is 3.33. The van der Waals surface area contributed by atoms with Crippen molar-refractivity contribution in [2.45, 2.75) is 31.3 Å². The Morgan fingerprint density at radius 2 is 2.10 bits per heavy atom. The summed E-state index contributed by atoms with van der Waals surface area (Å²) in [5.41, 5.74) is 0.784. The van der Waals surface area contributed by atoms with Crippen LogP contribution in [0.5, 0.6) is 0 Å². The molecule has 1 aliphatic heterocycles. The van der Waals surface area contributed by atoms with E-state index < -0.39 is 0 Å². The minimum atomic E-state index is -0.377. The molecule has 3 rings (SSSR count). The number of anilines is 1. The number of ether oxygens (including phenoxy) is 1. The number of rotatable bonds is 3. The van der Waals surface area contributed by atoms with Crippen LogP contribution >= 0.6 is 11.6 Å². The van der Waals surface area contributed by atoms with E-state index in [1.165, 1.54) is 12.5 Å². The lowest BCUT2D eigenvalue weighted by Gasteiger charge is -2.49. The number of nitrogens with zero attached hydrogens (tertiary/aromatic N) is 1. The molecule has 0 bridgehead atoms. The molecule has 5 heteroatoms. The molecular formula is C16H21ClFN2O. The van der Waals surface area contributed by atoms with Crippen LogP contribution < -0.4 is 5.32 Å². The van der Waals surface area contributed by atoms with E-state index in [0.717, 1.165) is 51.3 Å². The van der Waals surface area contributed by atoms with Gasteiger partial charge >= 0.3 is 0 Å². The first kappa shape index (κ1) is 15.1. The normalized spacial score (nSPS) is 23.0. The highest BCUT2D eigenvalue weighted by Crippen LogP contribution is 2.35.